The Balaban J connectivity index is 2.30. The van der Waals surface area contributed by atoms with Crippen molar-refractivity contribution in [1.82, 2.24) is 9.97 Å². The number of nitrogens with zero attached hydrogens (tertiary/aromatic N) is 2. The number of nitrogens with one attached hydrogen (secondary N) is 1. The van der Waals surface area contributed by atoms with E-state index in [2.05, 4.69) is 9.97 Å². The topological polar surface area (TPSA) is 69.2 Å². The van der Waals surface area contributed by atoms with Gasteiger partial charge in [0.1, 0.15) is 5.02 Å². The van der Waals surface area contributed by atoms with Crippen LogP contribution in [0.1, 0.15) is 5.56 Å². The van der Waals surface area contributed by atoms with Crippen LogP contribution in [0.2, 0.25) is 5.02 Å². The Morgan fingerprint density at radius 2 is 2.05 bits per heavy atom. The van der Waals surface area contributed by atoms with Gasteiger partial charge < -0.3 is 15.0 Å². The first-order valence-corrected chi connectivity index (χ1v) is 6.23. The van der Waals surface area contributed by atoms with Gasteiger partial charge in [0.15, 0.2) is 5.82 Å². The lowest BCUT2D eigenvalue weighted by molar-refractivity contribution is 0.301. The Morgan fingerprint density at radius 1 is 1.32 bits per heavy atom. The highest BCUT2D eigenvalue weighted by molar-refractivity contribution is 6.32. The Kier molecular flexibility index (Phi) is 4.54. The molecule has 0 fully saturated rings. The maximum absolute atomic E-state index is 11.5. The van der Waals surface area contributed by atoms with Crippen LogP contribution >= 0.6 is 11.6 Å². The fourth-order valence-electron chi connectivity index (χ4n) is 1.78. The molecule has 0 aliphatic rings. The van der Waals surface area contributed by atoms with E-state index in [0.717, 1.165) is 5.56 Å². The predicted octanol–water partition coefficient (Wildman–Crippen LogP) is 1.42. The average Bonchev–Trinajstić information content (AvgIpc) is 2.43. The molecule has 0 radical (unpaired) electrons. The first-order valence-electron chi connectivity index (χ1n) is 5.85. The van der Waals surface area contributed by atoms with E-state index in [4.69, 9.17) is 16.7 Å². The maximum Gasteiger partial charge on any atom is 0.271 e. The van der Waals surface area contributed by atoms with Gasteiger partial charge >= 0.3 is 0 Å². The molecular formula is C13H14ClN3O2. The van der Waals surface area contributed by atoms with Crippen LogP contribution in [0, 0.1) is 0 Å². The predicted molar refractivity (Wildman–Crippen MR) is 74.4 cm³/mol. The van der Waals surface area contributed by atoms with Crippen molar-refractivity contribution >= 4 is 17.4 Å². The third-order valence-corrected chi connectivity index (χ3v) is 3.00. The summed E-state index contributed by atoms with van der Waals surface area (Å²) in [7, 11) is 0. The molecule has 1 aromatic carbocycles. The van der Waals surface area contributed by atoms with Gasteiger partial charge in [-0.3, -0.25) is 4.79 Å². The Hall–Kier alpha value is -1.85. The number of H-pyrrole nitrogens is 1. The maximum atomic E-state index is 11.5. The van der Waals surface area contributed by atoms with Gasteiger partial charge in [0, 0.05) is 13.1 Å². The summed E-state index contributed by atoms with van der Waals surface area (Å²) in [5.74, 6) is 0.378. The van der Waals surface area contributed by atoms with E-state index in [-0.39, 0.29) is 17.2 Å². The minimum Gasteiger partial charge on any atom is -0.395 e. The van der Waals surface area contributed by atoms with Crippen LogP contribution in [0.4, 0.5) is 5.82 Å². The zero-order chi connectivity index (χ0) is 13.7. The molecule has 1 heterocycles. The molecule has 2 aromatic rings. The quantitative estimate of drug-likeness (QED) is 0.869. The number of rotatable bonds is 5. The lowest BCUT2D eigenvalue weighted by Crippen LogP contribution is -2.29. The number of aromatic amines is 1. The second-order valence-electron chi connectivity index (χ2n) is 4.00. The highest BCUT2D eigenvalue weighted by atomic mass is 35.5. The van der Waals surface area contributed by atoms with Crippen molar-refractivity contribution in [3.8, 4) is 0 Å². The largest absolute Gasteiger partial charge is 0.395 e. The number of benzene rings is 1. The van der Waals surface area contributed by atoms with Gasteiger partial charge in [-0.2, -0.15) is 0 Å². The third kappa shape index (κ3) is 3.33. The summed E-state index contributed by atoms with van der Waals surface area (Å²) >= 11 is 5.96. The molecule has 0 saturated carbocycles. The van der Waals surface area contributed by atoms with Crippen molar-refractivity contribution in [3.63, 3.8) is 0 Å². The Labute approximate surface area is 115 Å². The summed E-state index contributed by atoms with van der Waals surface area (Å²) in [5, 5.41) is 9.17. The minimum absolute atomic E-state index is 0.0341. The van der Waals surface area contributed by atoms with Crippen LogP contribution < -0.4 is 10.5 Å². The molecule has 19 heavy (non-hydrogen) atoms. The zero-order valence-corrected chi connectivity index (χ0v) is 11.0. The van der Waals surface area contributed by atoms with Gasteiger partial charge in [-0.1, -0.05) is 41.9 Å². The molecular weight excluding hydrogens is 266 g/mol. The molecule has 0 spiro atoms. The van der Waals surface area contributed by atoms with E-state index in [1.165, 1.54) is 6.33 Å². The minimum atomic E-state index is -0.386. The lowest BCUT2D eigenvalue weighted by Gasteiger charge is -2.23. The number of halogens is 1. The standard InChI is InChI=1S/C13H14ClN3O2/c14-11-12(15-9-16-13(11)19)17(6-7-18)8-10-4-2-1-3-5-10/h1-5,9,18H,6-8H2,(H,15,16,19). The molecule has 0 saturated heterocycles. The summed E-state index contributed by atoms with van der Waals surface area (Å²) in [5.41, 5.74) is 0.664. The summed E-state index contributed by atoms with van der Waals surface area (Å²) < 4.78 is 0. The van der Waals surface area contributed by atoms with Gasteiger partial charge in [-0.25, -0.2) is 4.98 Å². The van der Waals surface area contributed by atoms with Gasteiger partial charge in [0.25, 0.3) is 5.56 Å². The molecule has 2 N–H and O–H groups in total. The smallest absolute Gasteiger partial charge is 0.271 e. The number of anilines is 1. The molecule has 0 aliphatic carbocycles. The SMILES string of the molecule is O=c1[nH]cnc(N(CCO)Cc2ccccc2)c1Cl. The summed E-state index contributed by atoms with van der Waals surface area (Å²) in [6, 6.07) is 9.72. The Morgan fingerprint density at radius 3 is 2.74 bits per heavy atom. The average molecular weight is 280 g/mol. The van der Waals surface area contributed by atoms with Crippen LogP contribution in [0.5, 0.6) is 0 Å². The van der Waals surface area contributed by atoms with Crippen molar-refractivity contribution in [2.24, 2.45) is 0 Å². The second kappa shape index (κ2) is 6.36. The highest BCUT2D eigenvalue weighted by Gasteiger charge is 2.14. The zero-order valence-electron chi connectivity index (χ0n) is 10.2. The fourth-order valence-corrected chi connectivity index (χ4v) is 2.00. The van der Waals surface area contributed by atoms with E-state index >= 15 is 0 Å². The van der Waals surface area contributed by atoms with E-state index in [0.29, 0.717) is 18.9 Å². The van der Waals surface area contributed by atoms with Crippen LogP contribution in [0.3, 0.4) is 0 Å². The molecule has 100 valence electrons. The molecule has 6 heteroatoms. The summed E-state index contributed by atoms with van der Waals surface area (Å²) in [4.78, 5) is 19.7. The molecule has 0 unspecified atom stereocenters. The van der Waals surface area contributed by atoms with Crippen molar-refractivity contribution in [1.29, 1.82) is 0 Å². The first-order chi connectivity index (χ1) is 9.22. The lowest BCUT2D eigenvalue weighted by atomic mass is 10.2. The van der Waals surface area contributed by atoms with Crippen molar-refractivity contribution in [2.45, 2.75) is 6.54 Å². The molecule has 0 aliphatic heterocycles. The van der Waals surface area contributed by atoms with Crippen LogP contribution in [-0.4, -0.2) is 28.2 Å². The summed E-state index contributed by atoms with van der Waals surface area (Å²) in [6.07, 6.45) is 1.30. The van der Waals surface area contributed by atoms with E-state index in [9.17, 15) is 4.79 Å². The number of aliphatic hydroxyl groups is 1. The molecule has 0 amide bonds. The third-order valence-electron chi connectivity index (χ3n) is 2.66. The van der Waals surface area contributed by atoms with Crippen molar-refractivity contribution in [3.05, 3.63) is 57.6 Å². The van der Waals surface area contributed by atoms with Crippen LogP contribution in [-0.2, 0) is 6.54 Å². The van der Waals surface area contributed by atoms with Gasteiger partial charge in [-0.05, 0) is 5.56 Å². The number of hydrogen-bond donors (Lipinski definition) is 2. The van der Waals surface area contributed by atoms with Crippen molar-refractivity contribution < 1.29 is 5.11 Å². The monoisotopic (exact) mass is 279 g/mol. The second-order valence-corrected chi connectivity index (χ2v) is 4.38. The fraction of sp³-hybridized carbons (Fsp3) is 0.231. The Bertz CT molecular complexity index is 586. The highest BCUT2D eigenvalue weighted by Crippen LogP contribution is 2.20. The first kappa shape index (κ1) is 13.6. The van der Waals surface area contributed by atoms with Crippen molar-refractivity contribution in [2.75, 3.05) is 18.1 Å². The van der Waals surface area contributed by atoms with Gasteiger partial charge in [0.05, 0.1) is 12.9 Å². The molecule has 5 nitrogen and oxygen atoms in total. The van der Waals surface area contributed by atoms with Gasteiger partial charge in [-0.15, -0.1) is 0 Å². The van der Waals surface area contributed by atoms with E-state index in [1.54, 1.807) is 4.90 Å². The number of hydrogen-bond acceptors (Lipinski definition) is 4. The van der Waals surface area contributed by atoms with E-state index in [1.807, 2.05) is 30.3 Å². The molecule has 0 atom stereocenters. The van der Waals surface area contributed by atoms with Gasteiger partial charge in [0.2, 0.25) is 0 Å². The molecule has 1 aromatic heterocycles. The molecule has 0 bridgehead atoms. The number of aliphatic hydroxyl groups excluding tert-OH is 1. The normalized spacial score (nSPS) is 10.4. The van der Waals surface area contributed by atoms with Crippen LogP contribution in [0.25, 0.3) is 0 Å². The van der Waals surface area contributed by atoms with E-state index < -0.39 is 0 Å². The van der Waals surface area contributed by atoms with Crippen LogP contribution in [0.15, 0.2) is 41.5 Å². The number of aromatic nitrogens is 2. The summed E-state index contributed by atoms with van der Waals surface area (Å²) in [6.45, 7) is 0.834. The molecule has 2 rings (SSSR count).